The fraction of sp³-hybridized carbons (Fsp3) is 0.316. The Morgan fingerprint density at radius 1 is 1.20 bits per heavy atom. The van der Waals surface area contributed by atoms with Crippen molar-refractivity contribution in [3.05, 3.63) is 64.1 Å². The molecule has 0 aromatic heterocycles. The fourth-order valence-corrected chi connectivity index (χ4v) is 4.00. The molecule has 0 radical (unpaired) electrons. The number of halogens is 1. The number of carbonyl (C=O) groups is 1. The average Bonchev–Trinajstić information content (AvgIpc) is 3.45. The number of amides is 1. The minimum Gasteiger partial charge on any atom is -0.345 e. The molecule has 2 aromatic carbocycles. The van der Waals surface area contributed by atoms with Gasteiger partial charge in [0.05, 0.1) is 16.7 Å². The standard InChI is InChI=1S/C19H20BrNO3S/c1-2-25(23,24)17-5-3-4-15(12-17)18(13-6-7-13)21-19(22)14-8-10-16(20)11-9-14/h3-5,8-13,18H,2,6-7H2,1H3,(H,21,22). The molecule has 1 fully saturated rings. The number of hydrogen-bond donors (Lipinski definition) is 1. The Morgan fingerprint density at radius 3 is 2.48 bits per heavy atom. The van der Waals surface area contributed by atoms with Gasteiger partial charge in [-0.25, -0.2) is 8.42 Å². The molecule has 0 spiro atoms. The smallest absolute Gasteiger partial charge is 0.251 e. The van der Waals surface area contributed by atoms with Crippen molar-refractivity contribution < 1.29 is 13.2 Å². The Balaban J connectivity index is 1.86. The zero-order valence-electron chi connectivity index (χ0n) is 13.9. The number of rotatable bonds is 6. The van der Waals surface area contributed by atoms with Crippen molar-refractivity contribution >= 4 is 31.7 Å². The highest BCUT2D eigenvalue weighted by Gasteiger charge is 2.34. The lowest BCUT2D eigenvalue weighted by molar-refractivity contribution is 0.0931. The molecule has 1 atom stereocenters. The van der Waals surface area contributed by atoms with Gasteiger partial charge in [-0.2, -0.15) is 0 Å². The molecule has 1 amide bonds. The van der Waals surface area contributed by atoms with Crippen LogP contribution in [0.2, 0.25) is 0 Å². The molecule has 1 aliphatic rings. The monoisotopic (exact) mass is 421 g/mol. The van der Waals surface area contributed by atoms with Gasteiger partial charge in [-0.15, -0.1) is 0 Å². The average molecular weight is 422 g/mol. The van der Waals surface area contributed by atoms with E-state index < -0.39 is 9.84 Å². The maximum Gasteiger partial charge on any atom is 0.251 e. The molecule has 1 saturated carbocycles. The summed E-state index contributed by atoms with van der Waals surface area (Å²) in [7, 11) is -3.26. The molecule has 6 heteroatoms. The molecular formula is C19H20BrNO3S. The first kappa shape index (κ1) is 18.1. The molecule has 0 aliphatic heterocycles. The van der Waals surface area contributed by atoms with Crippen LogP contribution in [0.1, 0.15) is 41.7 Å². The van der Waals surface area contributed by atoms with E-state index in [0.717, 1.165) is 22.9 Å². The molecule has 0 bridgehead atoms. The predicted octanol–water partition coefficient (Wildman–Crippen LogP) is 4.12. The number of hydrogen-bond acceptors (Lipinski definition) is 3. The number of carbonyl (C=O) groups excluding carboxylic acids is 1. The van der Waals surface area contributed by atoms with E-state index in [-0.39, 0.29) is 17.7 Å². The van der Waals surface area contributed by atoms with Gasteiger partial charge in [0.25, 0.3) is 5.91 Å². The summed E-state index contributed by atoms with van der Waals surface area (Å²) in [6, 6.07) is 14.0. The normalized spacial score (nSPS) is 15.6. The van der Waals surface area contributed by atoms with E-state index in [1.165, 1.54) is 0 Å². The summed E-state index contributed by atoms with van der Waals surface area (Å²) in [6.07, 6.45) is 2.08. The Hall–Kier alpha value is -1.66. The first-order valence-corrected chi connectivity index (χ1v) is 10.7. The molecule has 1 N–H and O–H groups in total. The molecule has 25 heavy (non-hydrogen) atoms. The van der Waals surface area contributed by atoms with Gasteiger partial charge < -0.3 is 5.32 Å². The van der Waals surface area contributed by atoms with E-state index in [1.807, 2.05) is 18.2 Å². The van der Waals surface area contributed by atoms with Crippen molar-refractivity contribution in [2.24, 2.45) is 5.92 Å². The third-order valence-electron chi connectivity index (χ3n) is 4.44. The molecule has 0 heterocycles. The summed E-state index contributed by atoms with van der Waals surface area (Å²) in [5, 5.41) is 3.08. The summed E-state index contributed by atoms with van der Waals surface area (Å²) in [4.78, 5) is 12.9. The van der Waals surface area contributed by atoms with E-state index >= 15 is 0 Å². The van der Waals surface area contributed by atoms with Gasteiger partial charge in [0.1, 0.15) is 0 Å². The number of sulfone groups is 1. The maximum absolute atomic E-state index is 12.6. The molecule has 2 aromatic rings. The van der Waals surface area contributed by atoms with Crippen LogP contribution in [0.4, 0.5) is 0 Å². The van der Waals surface area contributed by atoms with Crippen molar-refractivity contribution in [2.45, 2.75) is 30.7 Å². The van der Waals surface area contributed by atoms with Crippen LogP contribution in [0.25, 0.3) is 0 Å². The van der Waals surface area contributed by atoms with Crippen molar-refractivity contribution in [2.75, 3.05) is 5.75 Å². The van der Waals surface area contributed by atoms with Crippen LogP contribution in [0.5, 0.6) is 0 Å². The van der Waals surface area contributed by atoms with Crippen molar-refractivity contribution in [1.29, 1.82) is 0 Å². The summed E-state index contributed by atoms with van der Waals surface area (Å²) in [6.45, 7) is 1.63. The lowest BCUT2D eigenvalue weighted by atomic mass is 10.0. The van der Waals surface area contributed by atoms with Crippen molar-refractivity contribution in [3.8, 4) is 0 Å². The van der Waals surface area contributed by atoms with Crippen LogP contribution in [0.15, 0.2) is 57.9 Å². The van der Waals surface area contributed by atoms with Gasteiger partial charge in [-0.05, 0) is 60.7 Å². The van der Waals surface area contributed by atoms with Gasteiger partial charge in [0.2, 0.25) is 0 Å². The second-order valence-corrected chi connectivity index (χ2v) is 9.47. The summed E-state index contributed by atoms with van der Waals surface area (Å²) >= 11 is 3.36. The van der Waals surface area contributed by atoms with Gasteiger partial charge in [-0.3, -0.25) is 4.79 Å². The highest BCUT2D eigenvalue weighted by atomic mass is 79.9. The lowest BCUT2D eigenvalue weighted by Crippen LogP contribution is -2.30. The topological polar surface area (TPSA) is 63.2 Å². The molecule has 1 aliphatic carbocycles. The van der Waals surface area contributed by atoms with E-state index in [1.54, 1.807) is 37.3 Å². The zero-order valence-corrected chi connectivity index (χ0v) is 16.3. The summed E-state index contributed by atoms with van der Waals surface area (Å²) < 4.78 is 25.2. The van der Waals surface area contributed by atoms with E-state index in [4.69, 9.17) is 0 Å². The summed E-state index contributed by atoms with van der Waals surface area (Å²) in [5.74, 6) is 0.280. The second-order valence-electron chi connectivity index (χ2n) is 6.27. The highest BCUT2D eigenvalue weighted by molar-refractivity contribution is 9.10. The molecule has 3 rings (SSSR count). The lowest BCUT2D eigenvalue weighted by Gasteiger charge is -2.19. The van der Waals surface area contributed by atoms with Gasteiger partial charge in [-0.1, -0.05) is 35.0 Å². The molecule has 1 unspecified atom stereocenters. The van der Waals surface area contributed by atoms with Crippen LogP contribution in [0, 0.1) is 5.92 Å². The van der Waals surface area contributed by atoms with Gasteiger partial charge >= 0.3 is 0 Å². The van der Waals surface area contributed by atoms with Crippen LogP contribution in [-0.4, -0.2) is 20.1 Å². The Morgan fingerprint density at radius 2 is 1.88 bits per heavy atom. The minimum atomic E-state index is -3.26. The van der Waals surface area contributed by atoms with Gasteiger partial charge in [0, 0.05) is 10.0 Å². The Kier molecular flexibility index (Phi) is 5.29. The van der Waals surface area contributed by atoms with Crippen molar-refractivity contribution in [1.82, 2.24) is 5.32 Å². The molecule has 0 saturated heterocycles. The van der Waals surface area contributed by atoms with E-state index in [9.17, 15) is 13.2 Å². The van der Waals surface area contributed by atoms with Gasteiger partial charge in [0.15, 0.2) is 9.84 Å². The first-order valence-electron chi connectivity index (χ1n) is 8.30. The zero-order chi connectivity index (χ0) is 18.0. The van der Waals surface area contributed by atoms with Crippen LogP contribution >= 0.6 is 15.9 Å². The quantitative estimate of drug-likeness (QED) is 0.762. The molecule has 4 nitrogen and oxygen atoms in total. The third kappa shape index (κ3) is 4.30. The van der Waals surface area contributed by atoms with E-state index in [0.29, 0.717) is 16.4 Å². The number of benzene rings is 2. The van der Waals surface area contributed by atoms with Crippen LogP contribution in [0.3, 0.4) is 0 Å². The minimum absolute atomic E-state index is 0.0653. The molecular weight excluding hydrogens is 402 g/mol. The Bertz CT molecular complexity index is 874. The largest absolute Gasteiger partial charge is 0.345 e. The predicted molar refractivity (Wildman–Crippen MR) is 101 cm³/mol. The first-order chi connectivity index (χ1) is 11.9. The van der Waals surface area contributed by atoms with E-state index in [2.05, 4.69) is 21.2 Å². The highest BCUT2D eigenvalue weighted by Crippen LogP contribution is 2.41. The van der Waals surface area contributed by atoms with Crippen LogP contribution in [-0.2, 0) is 9.84 Å². The van der Waals surface area contributed by atoms with Crippen LogP contribution < -0.4 is 5.32 Å². The SMILES string of the molecule is CCS(=O)(=O)c1cccc(C(NC(=O)c2ccc(Br)cc2)C2CC2)c1. The second kappa shape index (κ2) is 7.30. The van der Waals surface area contributed by atoms with Crippen molar-refractivity contribution in [3.63, 3.8) is 0 Å². The number of nitrogens with one attached hydrogen (secondary N) is 1. The summed E-state index contributed by atoms with van der Waals surface area (Å²) in [5.41, 5.74) is 1.44. The maximum atomic E-state index is 12.6. The Labute approximate surface area is 156 Å². The fourth-order valence-electron chi connectivity index (χ4n) is 2.80. The molecule has 132 valence electrons. The third-order valence-corrected chi connectivity index (χ3v) is 6.70.